The first kappa shape index (κ1) is 15.5. The number of nitro benzene ring substituents is 1. The molecular weight excluding hydrogens is 306 g/mol. The number of hydrogen-bond acceptors (Lipinski definition) is 5. The number of rotatable bonds is 6. The molecule has 0 spiro atoms. The van der Waals surface area contributed by atoms with Gasteiger partial charge < -0.3 is 10.3 Å². The van der Waals surface area contributed by atoms with Gasteiger partial charge in [0.1, 0.15) is 11.9 Å². The van der Waals surface area contributed by atoms with Crippen LogP contribution in [-0.4, -0.2) is 21.4 Å². The minimum atomic E-state index is -0.508. The minimum absolute atomic E-state index is 0.0839. The predicted molar refractivity (Wildman–Crippen MR) is 90.7 cm³/mol. The maximum absolute atomic E-state index is 10.7. The maximum atomic E-state index is 10.7. The van der Waals surface area contributed by atoms with Crippen molar-refractivity contribution in [2.75, 3.05) is 11.9 Å². The molecule has 1 aromatic heterocycles. The highest BCUT2D eigenvalue weighted by molar-refractivity contribution is 5.74. The first-order chi connectivity index (χ1) is 11.7. The van der Waals surface area contributed by atoms with Gasteiger partial charge in [-0.15, -0.1) is 0 Å². The van der Waals surface area contributed by atoms with Crippen LogP contribution in [0.15, 0.2) is 42.5 Å². The molecule has 0 bridgehead atoms. The summed E-state index contributed by atoms with van der Waals surface area (Å²) >= 11 is 0. The number of para-hydroxylation sites is 2. The van der Waals surface area contributed by atoms with E-state index in [0.29, 0.717) is 12.2 Å². The van der Waals surface area contributed by atoms with Gasteiger partial charge in [0.2, 0.25) is 0 Å². The molecule has 2 N–H and O–H groups in total. The Morgan fingerprint density at radius 1 is 1.29 bits per heavy atom. The van der Waals surface area contributed by atoms with E-state index in [-0.39, 0.29) is 11.3 Å². The topological polar surface area (TPSA) is 108 Å². The van der Waals surface area contributed by atoms with Gasteiger partial charge in [-0.25, -0.2) is 4.98 Å². The second-order valence-corrected chi connectivity index (χ2v) is 5.33. The first-order valence-corrected chi connectivity index (χ1v) is 7.53. The molecule has 0 saturated heterocycles. The molecule has 0 amide bonds. The molecule has 3 rings (SSSR count). The van der Waals surface area contributed by atoms with Crippen molar-refractivity contribution >= 4 is 22.4 Å². The number of benzene rings is 2. The van der Waals surface area contributed by atoms with E-state index < -0.39 is 4.92 Å². The van der Waals surface area contributed by atoms with Crippen LogP contribution in [0.25, 0.3) is 11.0 Å². The number of nitrogens with zero attached hydrogens (tertiary/aromatic N) is 3. The number of aryl methyl sites for hydroxylation is 1. The Morgan fingerprint density at radius 3 is 2.88 bits per heavy atom. The molecule has 0 radical (unpaired) electrons. The van der Waals surface area contributed by atoms with Gasteiger partial charge in [-0.05, 0) is 24.6 Å². The molecule has 0 unspecified atom stereocenters. The average Bonchev–Trinajstić information content (AvgIpc) is 3.01. The number of non-ortho nitro benzene ring substituents is 1. The summed E-state index contributed by atoms with van der Waals surface area (Å²) in [5, 5.41) is 23.0. The molecule has 120 valence electrons. The zero-order valence-electron chi connectivity index (χ0n) is 12.8. The summed E-state index contributed by atoms with van der Waals surface area (Å²) < 4.78 is 0. The molecule has 2 aromatic carbocycles. The Labute approximate surface area is 138 Å². The summed E-state index contributed by atoms with van der Waals surface area (Å²) in [6.45, 7) is 0.642. The molecule has 0 saturated carbocycles. The Morgan fingerprint density at radius 2 is 2.12 bits per heavy atom. The van der Waals surface area contributed by atoms with Crippen LogP contribution in [0.4, 0.5) is 11.4 Å². The van der Waals surface area contributed by atoms with Crippen molar-refractivity contribution < 1.29 is 4.92 Å². The Hall–Kier alpha value is -3.40. The minimum Gasteiger partial charge on any atom is -0.384 e. The number of imidazole rings is 1. The van der Waals surface area contributed by atoms with Crippen molar-refractivity contribution in [2.24, 2.45) is 0 Å². The maximum Gasteiger partial charge on any atom is 0.270 e. The number of hydrogen-bond donors (Lipinski definition) is 2. The van der Waals surface area contributed by atoms with Crippen LogP contribution in [0.1, 0.15) is 17.8 Å². The van der Waals surface area contributed by atoms with E-state index in [2.05, 4.69) is 15.3 Å². The van der Waals surface area contributed by atoms with Crippen LogP contribution < -0.4 is 5.32 Å². The van der Waals surface area contributed by atoms with Crippen LogP contribution in [-0.2, 0) is 6.42 Å². The number of nitriles is 1. The van der Waals surface area contributed by atoms with Gasteiger partial charge in [-0.3, -0.25) is 10.1 Å². The van der Waals surface area contributed by atoms with Crippen molar-refractivity contribution in [3.05, 3.63) is 64.0 Å². The lowest BCUT2D eigenvalue weighted by Crippen LogP contribution is -2.05. The third-order valence-electron chi connectivity index (χ3n) is 3.68. The van der Waals surface area contributed by atoms with Gasteiger partial charge in [0, 0.05) is 25.1 Å². The number of aromatic amines is 1. The van der Waals surface area contributed by atoms with Crippen molar-refractivity contribution in [3.8, 4) is 6.07 Å². The third-order valence-corrected chi connectivity index (χ3v) is 3.68. The first-order valence-electron chi connectivity index (χ1n) is 7.53. The van der Waals surface area contributed by atoms with E-state index in [1.807, 2.05) is 30.3 Å². The van der Waals surface area contributed by atoms with Crippen molar-refractivity contribution in [1.29, 1.82) is 5.26 Å². The zero-order valence-corrected chi connectivity index (χ0v) is 12.8. The fraction of sp³-hybridized carbons (Fsp3) is 0.176. The molecule has 24 heavy (non-hydrogen) atoms. The van der Waals surface area contributed by atoms with Gasteiger partial charge in [0.15, 0.2) is 0 Å². The normalized spacial score (nSPS) is 10.5. The molecule has 0 aliphatic carbocycles. The number of fused-ring (bicyclic) bond motifs is 1. The lowest BCUT2D eigenvalue weighted by molar-refractivity contribution is -0.384. The summed E-state index contributed by atoms with van der Waals surface area (Å²) in [5.41, 5.74) is 2.75. The van der Waals surface area contributed by atoms with E-state index >= 15 is 0 Å². The average molecular weight is 321 g/mol. The van der Waals surface area contributed by atoms with Crippen molar-refractivity contribution in [2.45, 2.75) is 12.8 Å². The largest absolute Gasteiger partial charge is 0.384 e. The van der Waals surface area contributed by atoms with E-state index in [4.69, 9.17) is 5.26 Å². The standard InChI is InChI=1S/C17H15N5O2/c18-11-12-10-13(22(23)24)7-8-14(12)19-9-3-6-17-20-15-4-1-2-5-16(15)21-17/h1-2,4-5,7-8,10,19H,3,6,9H2,(H,20,21). The van der Waals surface area contributed by atoms with Gasteiger partial charge in [0.05, 0.1) is 27.2 Å². The Balaban J connectivity index is 1.58. The quantitative estimate of drug-likeness (QED) is 0.411. The fourth-order valence-corrected chi connectivity index (χ4v) is 2.50. The predicted octanol–water partition coefficient (Wildman–Crippen LogP) is 3.39. The second-order valence-electron chi connectivity index (χ2n) is 5.33. The summed E-state index contributed by atoms with van der Waals surface area (Å²) in [7, 11) is 0. The zero-order chi connectivity index (χ0) is 16.9. The third kappa shape index (κ3) is 3.33. The molecule has 7 nitrogen and oxygen atoms in total. The lowest BCUT2D eigenvalue weighted by Gasteiger charge is -2.07. The molecule has 0 aliphatic heterocycles. The number of nitro groups is 1. The Bertz CT molecular complexity index is 893. The molecule has 0 fully saturated rings. The number of aromatic nitrogens is 2. The van der Waals surface area contributed by atoms with Crippen LogP contribution in [0.5, 0.6) is 0 Å². The number of anilines is 1. The van der Waals surface area contributed by atoms with E-state index in [9.17, 15) is 10.1 Å². The molecular formula is C17H15N5O2. The highest BCUT2D eigenvalue weighted by Crippen LogP contribution is 2.21. The van der Waals surface area contributed by atoms with Gasteiger partial charge in [-0.2, -0.15) is 5.26 Å². The van der Waals surface area contributed by atoms with E-state index in [1.54, 1.807) is 6.07 Å². The number of nitrogens with one attached hydrogen (secondary N) is 2. The summed E-state index contributed by atoms with van der Waals surface area (Å²) in [6.07, 6.45) is 1.60. The van der Waals surface area contributed by atoms with Crippen LogP contribution in [0.3, 0.4) is 0 Å². The Kier molecular flexibility index (Phi) is 4.38. The van der Waals surface area contributed by atoms with Gasteiger partial charge in [-0.1, -0.05) is 12.1 Å². The molecule has 3 aromatic rings. The molecule has 0 aliphatic rings. The van der Waals surface area contributed by atoms with Gasteiger partial charge in [0.25, 0.3) is 5.69 Å². The number of H-pyrrole nitrogens is 1. The van der Waals surface area contributed by atoms with Crippen molar-refractivity contribution in [1.82, 2.24) is 9.97 Å². The highest BCUT2D eigenvalue weighted by atomic mass is 16.6. The molecule has 7 heteroatoms. The highest BCUT2D eigenvalue weighted by Gasteiger charge is 2.10. The van der Waals surface area contributed by atoms with Crippen LogP contribution >= 0.6 is 0 Å². The SMILES string of the molecule is N#Cc1cc([N+](=O)[O-])ccc1NCCCc1nc2ccccc2[nH]1. The van der Waals surface area contributed by atoms with E-state index in [1.165, 1.54) is 12.1 Å². The monoisotopic (exact) mass is 321 g/mol. The lowest BCUT2D eigenvalue weighted by atomic mass is 10.1. The summed E-state index contributed by atoms with van der Waals surface area (Å²) in [6, 6.07) is 14.1. The smallest absolute Gasteiger partial charge is 0.270 e. The van der Waals surface area contributed by atoms with Crippen LogP contribution in [0.2, 0.25) is 0 Å². The molecule has 1 heterocycles. The van der Waals surface area contributed by atoms with Gasteiger partial charge >= 0.3 is 0 Å². The summed E-state index contributed by atoms with van der Waals surface area (Å²) in [5.74, 6) is 0.919. The molecule has 0 atom stereocenters. The van der Waals surface area contributed by atoms with Crippen molar-refractivity contribution in [3.63, 3.8) is 0 Å². The van der Waals surface area contributed by atoms with E-state index in [0.717, 1.165) is 29.7 Å². The fourth-order valence-electron chi connectivity index (χ4n) is 2.50. The van der Waals surface area contributed by atoms with Crippen LogP contribution in [0, 0.1) is 21.4 Å². The second kappa shape index (κ2) is 6.79. The summed E-state index contributed by atoms with van der Waals surface area (Å²) in [4.78, 5) is 18.0.